The topological polar surface area (TPSA) is 84.9 Å². The van der Waals surface area contributed by atoms with E-state index in [1.54, 1.807) is 30.3 Å². The molecule has 0 radical (unpaired) electrons. The van der Waals surface area contributed by atoms with E-state index in [0.717, 1.165) is 0 Å². The molecular formula is C7H7ClN2O2. The van der Waals surface area contributed by atoms with Gasteiger partial charge in [-0.15, -0.1) is 12.4 Å². The predicted octanol–water partition coefficient (Wildman–Crippen LogP) is 1.84. The van der Waals surface area contributed by atoms with Gasteiger partial charge < -0.3 is 5.11 Å². The molecule has 0 heterocycles. The Bertz CT molecular complexity index is 248. The molecule has 0 aliphatic rings. The van der Waals surface area contributed by atoms with Crippen LogP contribution < -0.4 is 0 Å². The van der Waals surface area contributed by atoms with Crippen molar-refractivity contribution in [3.05, 3.63) is 35.9 Å². The van der Waals surface area contributed by atoms with Crippen LogP contribution in [-0.4, -0.2) is 11.1 Å². The first-order chi connectivity index (χ1) is 5.30. The SMILES string of the molecule is Cl.N#N.O=C(O)c1ccccc1. The molecule has 5 heteroatoms. The van der Waals surface area contributed by atoms with Gasteiger partial charge in [0.05, 0.1) is 5.56 Å². The number of carboxylic acids is 1. The Morgan fingerprint density at radius 1 is 1.17 bits per heavy atom. The van der Waals surface area contributed by atoms with Crippen LogP contribution in [0.4, 0.5) is 0 Å². The van der Waals surface area contributed by atoms with E-state index in [1.165, 1.54) is 0 Å². The van der Waals surface area contributed by atoms with Crippen LogP contribution in [0.3, 0.4) is 0 Å². The van der Waals surface area contributed by atoms with Gasteiger partial charge in [-0.1, -0.05) is 18.2 Å². The van der Waals surface area contributed by atoms with Gasteiger partial charge >= 0.3 is 5.97 Å². The van der Waals surface area contributed by atoms with Crippen molar-refractivity contribution in [1.82, 2.24) is 0 Å². The molecule has 0 unspecified atom stereocenters. The minimum Gasteiger partial charge on any atom is -0.478 e. The van der Waals surface area contributed by atoms with Crippen LogP contribution in [0.5, 0.6) is 0 Å². The Labute approximate surface area is 75.7 Å². The monoisotopic (exact) mass is 186 g/mol. The molecule has 0 aliphatic carbocycles. The van der Waals surface area contributed by atoms with Gasteiger partial charge in [0.1, 0.15) is 0 Å². The third-order valence-electron chi connectivity index (χ3n) is 1.02. The first-order valence-corrected chi connectivity index (χ1v) is 2.79. The lowest BCUT2D eigenvalue weighted by Gasteiger charge is -1.88. The zero-order valence-corrected chi connectivity index (χ0v) is 6.86. The summed E-state index contributed by atoms with van der Waals surface area (Å²) < 4.78 is 0. The number of carbonyl (C=O) groups is 1. The third kappa shape index (κ3) is 4.25. The van der Waals surface area contributed by atoms with Gasteiger partial charge in [-0.2, -0.15) is 0 Å². The van der Waals surface area contributed by atoms with Crippen LogP contribution in [0, 0.1) is 10.8 Å². The molecule has 1 aromatic rings. The van der Waals surface area contributed by atoms with Crippen molar-refractivity contribution >= 4 is 18.4 Å². The molecular weight excluding hydrogens is 180 g/mol. The van der Waals surface area contributed by atoms with Gasteiger partial charge in [0.15, 0.2) is 0 Å². The van der Waals surface area contributed by atoms with Crippen molar-refractivity contribution in [2.24, 2.45) is 0 Å². The summed E-state index contributed by atoms with van der Waals surface area (Å²) in [5.41, 5.74) is 0.331. The second-order valence-electron chi connectivity index (χ2n) is 1.67. The molecule has 0 spiro atoms. The highest BCUT2D eigenvalue weighted by Gasteiger charge is 1.96. The molecule has 64 valence electrons. The van der Waals surface area contributed by atoms with Crippen molar-refractivity contribution in [2.75, 3.05) is 0 Å². The minimum absolute atomic E-state index is 0. The predicted molar refractivity (Wildman–Crippen MR) is 44.1 cm³/mol. The van der Waals surface area contributed by atoms with Crippen LogP contribution in [0.15, 0.2) is 30.3 Å². The Kier molecular flexibility index (Phi) is 8.15. The van der Waals surface area contributed by atoms with Gasteiger partial charge in [-0.25, -0.2) is 4.79 Å². The number of nitrogens with zero attached hydrogens (tertiary/aromatic N) is 2. The Hall–Kier alpha value is -1.60. The number of hydrogen-bond donors (Lipinski definition) is 1. The number of hydrogen-bond acceptors (Lipinski definition) is 3. The highest BCUT2D eigenvalue weighted by molar-refractivity contribution is 5.87. The number of rotatable bonds is 1. The summed E-state index contributed by atoms with van der Waals surface area (Å²) in [6.07, 6.45) is 0. The van der Waals surface area contributed by atoms with E-state index < -0.39 is 5.97 Å². The van der Waals surface area contributed by atoms with Crippen molar-refractivity contribution in [1.29, 1.82) is 10.8 Å². The van der Waals surface area contributed by atoms with E-state index in [2.05, 4.69) is 0 Å². The van der Waals surface area contributed by atoms with Crippen LogP contribution in [0.2, 0.25) is 0 Å². The van der Waals surface area contributed by atoms with E-state index >= 15 is 0 Å². The molecule has 0 fully saturated rings. The maximum absolute atomic E-state index is 10.2. The summed E-state index contributed by atoms with van der Waals surface area (Å²) in [6, 6.07) is 8.30. The van der Waals surface area contributed by atoms with Crippen LogP contribution >= 0.6 is 12.4 Å². The second-order valence-corrected chi connectivity index (χ2v) is 1.67. The standard InChI is InChI=1S/C7H6O2.ClH.N2/c8-7(9)6-4-2-1-3-5-6;;1-2/h1-5H,(H,8,9);1H;. The van der Waals surface area contributed by atoms with Gasteiger partial charge in [0, 0.05) is 10.8 Å². The van der Waals surface area contributed by atoms with E-state index in [0.29, 0.717) is 5.56 Å². The van der Waals surface area contributed by atoms with Crippen LogP contribution in [0.1, 0.15) is 10.4 Å². The molecule has 0 saturated heterocycles. The summed E-state index contributed by atoms with van der Waals surface area (Å²) in [6.45, 7) is 0. The van der Waals surface area contributed by atoms with E-state index in [9.17, 15) is 4.79 Å². The average Bonchev–Trinajstić information content (AvgIpc) is 2.10. The van der Waals surface area contributed by atoms with Gasteiger partial charge in [-0.3, -0.25) is 0 Å². The molecule has 1 N–H and O–H groups in total. The Morgan fingerprint density at radius 2 is 1.58 bits per heavy atom. The molecule has 0 aliphatic heterocycles. The summed E-state index contributed by atoms with van der Waals surface area (Å²) in [4.78, 5) is 10.2. The first kappa shape index (κ1) is 13.0. The fourth-order valence-electron chi connectivity index (χ4n) is 0.581. The molecule has 0 atom stereocenters. The fourth-order valence-corrected chi connectivity index (χ4v) is 0.581. The van der Waals surface area contributed by atoms with Crippen LogP contribution in [-0.2, 0) is 0 Å². The molecule has 4 nitrogen and oxygen atoms in total. The summed E-state index contributed by atoms with van der Waals surface area (Å²) in [5.74, 6) is -0.879. The van der Waals surface area contributed by atoms with Gasteiger partial charge in [0.2, 0.25) is 0 Å². The molecule has 1 aromatic carbocycles. The molecule has 0 saturated carbocycles. The first-order valence-electron chi connectivity index (χ1n) is 2.79. The lowest BCUT2D eigenvalue weighted by atomic mass is 10.2. The number of aromatic carboxylic acids is 1. The molecule has 0 aromatic heterocycles. The van der Waals surface area contributed by atoms with E-state index in [4.69, 9.17) is 15.9 Å². The van der Waals surface area contributed by atoms with Crippen molar-refractivity contribution < 1.29 is 9.90 Å². The maximum Gasteiger partial charge on any atom is 0.335 e. The average molecular weight is 187 g/mol. The second kappa shape index (κ2) is 7.51. The van der Waals surface area contributed by atoms with Crippen LogP contribution in [0.25, 0.3) is 0 Å². The Balaban J connectivity index is 0. The lowest BCUT2D eigenvalue weighted by Crippen LogP contribution is -1.93. The molecule has 0 bridgehead atoms. The van der Waals surface area contributed by atoms with Crippen molar-refractivity contribution in [2.45, 2.75) is 0 Å². The van der Waals surface area contributed by atoms with E-state index in [1.807, 2.05) is 0 Å². The lowest BCUT2D eigenvalue weighted by molar-refractivity contribution is 0.0697. The quantitative estimate of drug-likeness (QED) is 0.678. The largest absolute Gasteiger partial charge is 0.478 e. The smallest absolute Gasteiger partial charge is 0.335 e. The number of halogens is 1. The normalized spacial score (nSPS) is 6.83. The third-order valence-corrected chi connectivity index (χ3v) is 1.02. The highest BCUT2D eigenvalue weighted by atomic mass is 35.5. The fraction of sp³-hybridized carbons (Fsp3) is 0. The zero-order chi connectivity index (χ0) is 8.69. The number of benzene rings is 1. The molecule has 1 rings (SSSR count). The molecule has 12 heavy (non-hydrogen) atoms. The van der Waals surface area contributed by atoms with Gasteiger partial charge in [-0.05, 0) is 12.1 Å². The van der Waals surface area contributed by atoms with Gasteiger partial charge in [0.25, 0.3) is 0 Å². The summed E-state index contributed by atoms with van der Waals surface area (Å²) in [5, 5.41) is 20.4. The Morgan fingerprint density at radius 3 is 1.83 bits per heavy atom. The minimum atomic E-state index is -0.879. The highest BCUT2D eigenvalue weighted by Crippen LogP contribution is 1.96. The van der Waals surface area contributed by atoms with E-state index in [-0.39, 0.29) is 12.4 Å². The van der Waals surface area contributed by atoms with Crippen molar-refractivity contribution in [3.63, 3.8) is 0 Å². The summed E-state index contributed by atoms with van der Waals surface area (Å²) in [7, 11) is 0. The number of carboxylic acid groups (broad SMARTS) is 1. The van der Waals surface area contributed by atoms with Crippen molar-refractivity contribution in [3.8, 4) is 0 Å². The zero-order valence-electron chi connectivity index (χ0n) is 6.04. The molecule has 0 amide bonds. The maximum atomic E-state index is 10.2. The summed E-state index contributed by atoms with van der Waals surface area (Å²) >= 11 is 0.